The topological polar surface area (TPSA) is 34.1 Å². The summed E-state index contributed by atoms with van der Waals surface area (Å²) in [6, 6.07) is 0. The van der Waals surface area contributed by atoms with E-state index in [1.54, 1.807) is 6.92 Å². The molecular formula is C12H22N2O2. The van der Waals surface area contributed by atoms with Crippen LogP contribution in [-0.2, 0) is 9.57 Å². The zero-order valence-electron chi connectivity index (χ0n) is 10.5. The van der Waals surface area contributed by atoms with Gasteiger partial charge in [-0.2, -0.15) is 0 Å². The van der Waals surface area contributed by atoms with Gasteiger partial charge in [0, 0.05) is 19.6 Å². The number of hydrogen-bond donors (Lipinski definition) is 0. The predicted molar refractivity (Wildman–Crippen MR) is 66.5 cm³/mol. The van der Waals surface area contributed by atoms with Crippen molar-refractivity contribution in [2.24, 2.45) is 5.16 Å². The third-order valence-corrected chi connectivity index (χ3v) is 1.94. The van der Waals surface area contributed by atoms with Gasteiger partial charge in [0.25, 0.3) is 0 Å². The summed E-state index contributed by atoms with van der Waals surface area (Å²) in [6.45, 7) is 10.9. The van der Waals surface area contributed by atoms with E-state index >= 15 is 0 Å². The van der Waals surface area contributed by atoms with Gasteiger partial charge in [-0.05, 0) is 6.92 Å². The maximum atomic E-state index is 5.23. The first-order valence-electron chi connectivity index (χ1n) is 5.79. The van der Waals surface area contributed by atoms with E-state index in [0.29, 0.717) is 6.61 Å². The lowest BCUT2D eigenvalue weighted by Gasteiger charge is -2.25. The van der Waals surface area contributed by atoms with Crippen LogP contribution in [0.4, 0.5) is 0 Å². The van der Waals surface area contributed by atoms with Gasteiger partial charge in [-0.1, -0.05) is 24.9 Å². The fourth-order valence-corrected chi connectivity index (χ4v) is 1.18. The van der Waals surface area contributed by atoms with Crippen LogP contribution in [-0.4, -0.2) is 50.6 Å². The lowest BCUT2D eigenvalue weighted by atomic mass is 10.4. The van der Waals surface area contributed by atoms with Gasteiger partial charge in [-0.15, -0.1) is 5.92 Å². The van der Waals surface area contributed by atoms with Crippen molar-refractivity contribution >= 4 is 6.21 Å². The number of hydrogen-bond acceptors (Lipinski definition) is 4. The minimum atomic E-state index is 0.613. The molecule has 1 saturated heterocycles. The second kappa shape index (κ2) is 12.0. The zero-order chi connectivity index (χ0) is 12.1. The molecule has 1 heterocycles. The van der Waals surface area contributed by atoms with Crippen molar-refractivity contribution in [1.82, 2.24) is 4.90 Å². The molecule has 0 spiro atoms. The SMILES string of the molecule is CC.CC#C/C=N/OCCN1CCOCC1. The Labute approximate surface area is 98.6 Å². The predicted octanol–water partition coefficient (Wildman–Crippen LogP) is 1.37. The molecule has 4 nitrogen and oxygen atoms in total. The Balaban J connectivity index is 0.00000106. The lowest BCUT2D eigenvalue weighted by Crippen LogP contribution is -2.38. The van der Waals surface area contributed by atoms with Gasteiger partial charge in [-0.3, -0.25) is 4.90 Å². The molecule has 0 aromatic carbocycles. The average molecular weight is 226 g/mol. The second-order valence-electron chi connectivity index (χ2n) is 2.92. The Hall–Kier alpha value is -1.05. The summed E-state index contributed by atoms with van der Waals surface area (Å²) in [5, 5.41) is 3.69. The third kappa shape index (κ3) is 8.27. The Morgan fingerprint density at radius 2 is 2.06 bits per heavy atom. The average Bonchev–Trinajstić information content (AvgIpc) is 2.37. The van der Waals surface area contributed by atoms with Crippen molar-refractivity contribution in [2.45, 2.75) is 20.8 Å². The number of ether oxygens (including phenoxy) is 1. The van der Waals surface area contributed by atoms with Gasteiger partial charge in [0.2, 0.25) is 0 Å². The molecule has 1 fully saturated rings. The van der Waals surface area contributed by atoms with Gasteiger partial charge in [0.05, 0.1) is 13.2 Å². The van der Waals surface area contributed by atoms with Crippen LogP contribution in [0.1, 0.15) is 20.8 Å². The normalized spacial score (nSPS) is 15.9. The molecular weight excluding hydrogens is 204 g/mol. The summed E-state index contributed by atoms with van der Waals surface area (Å²) in [6.07, 6.45) is 1.47. The van der Waals surface area contributed by atoms with E-state index in [2.05, 4.69) is 21.9 Å². The number of rotatable bonds is 4. The van der Waals surface area contributed by atoms with E-state index in [0.717, 1.165) is 32.8 Å². The molecule has 0 N–H and O–H groups in total. The molecule has 1 rings (SSSR count). The highest BCUT2D eigenvalue weighted by Crippen LogP contribution is 1.95. The summed E-state index contributed by atoms with van der Waals surface area (Å²) in [7, 11) is 0. The monoisotopic (exact) mass is 226 g/mol. The van der Waals surface area contributed by atoms with E-state index in [1.807, 2.05) is 13.8 Å². The summed E-state index contributed by atoms with van der Waals surface area (Å²) in [5.41, 5.74) is 0. The molecule has 0 amide bonds. The molecule has 0 radical (unpaired) electrons. The molecule has 0 aromatic rings. The number of oxime groups is 1. The van der Waals surface area contributed by atoms with E-state index in [4.69, 9.17) is 9.57 Å². The van der Waals surface area contributed by atoms with Gasteiger partial charge < -0.3 is 9.57 Å². The van der Waals surface area contributed by atoms with Crippen molar-refractivity contribution < 1.29 is 9.57 Å². The molecule has 1 aliphatic heterocycles. The van der Waals surface area contributed by atoms with Gasteiger partial charge >= 0.3 is 0 Å². The first-order valence-corrected chi connectivity index (χ1v) is 5.79. The van der Waals surface area contributed by atoms with Crippen molar-refractivity contribution in [1.29, 1.82) is 0 Å². The molecule has 0 saturated carbocycles. The Morgan fingerprint density at radius 3 is 2.69 bits per heavy atom. The van der Waals surface area contributed by atoms with Gasteiger partial charge in [-0.25, -0.2) is 0 Å². The maximum Gasteiger partial charge on any atom is 0.129 e. The molecule has 0 unspecified atom stereocenters. The van der Waals surface area contributed by atoms with E-state index in [9.17, 15) is 0 Å². The number of morpholine rings is 1. The van der Waals surface area contributed by atoms with Crippen molar-refractivity contribution in [3.8, 4) is 11.8 Å². The van der Waals surface area contributed by atoms with Gasteiger partial charge in [0.15, 0.2) is 0 Å². The summed E-state index contributed by atoms with van der Waals surface area (Å²) in [5.74, 6) is 5.39. The van der Waals surface area contributed by atoms with Crippen LogP contribution in [0.25, 0.3) is 0 Å². The molecule has 0 atom stereocenters. The Kier molecular flexibility index (Phi) is 11.2. The molecule has 0 bridgehead atoms. The summed E-state index contributed by atoms with van der Waals surface area (Å²) >= 11 is 0. The van der Waals surface area contributed by atoms with Crippen LogP contribution in [0.15, 0.2) is 5.16 Å². The van der Waals surface area contributed by atoms with Crippen molar-refractivity contribution in [2.75, 3.05) is 39.5 Å². The second-order valence-corrected chi connectivity index (χ2v) is 2.92. The summed E-state index contributed by atoms with van der Waals surface area (Å²) < 4.78 is 5.23. The van der Waals surface area contributed by atoms with Crippen LogP contribution in [0.5, 0.6) is 0 Å². The standard InChI is InChI=1S/C10H16N2O2.C2H6/c1-2-3-4-11-14-10-7-12-5-8-13-9-6-12;1-2/h4H,5-10H2,1H3;1-2H3/b11-4+;. The summed E-state index contributed by atoms with van der Waals surface area (Å²) in [4.78, 5) is 7.32. The highest BCUT2D eigenvalue weighted by molar-refractivity contribution is 5.77. The lowest BCUT2D eigenvalue weighted by molar-refractivity contribution is 0.0214. The van der Waals surface area contributed by atoms with E-state index in [-0.39, 0.29) is 0 Å². The molecule has 92 valence electrons. The Bertz CT molecular complexity index is 225. The fourth-order valence-electron chi connectivity index (χ4n) is 1.18. The largest absolute Gasteiger partial charge is 0.394 e. The van der Waals surface area contributed by atoms with Crippen LogP contribution >= 0.6 is 0 Å². The quantitative estimate of drug-likeness (QED) is 0.314. The van der Waals surface area contributed by atoms with E-state index < -0.39 is 0 Å². The Morgan fingerprint density at radius 1 is 1.38 bits per heavy atom. The maximum absolute atomic E-state index is 5.23. The van der Waals surface area contributed by atoms with Crippen LogP contribution in [0, 0.1) is 11.8 Å². The minimum absolute atomic E-state index is 0.613. The molecule has 0 aromatic heterocycles. The van der Waals surface area contributed by atoms with E-state index in [1.165, 1.54) is 6.21 Å². The minimum Gasteiger partial charge on any atom is -0.394 e. The van der Waals surface area contributed by atoms with Crippen molar-refractivity contribution in [3.05, 3.63) is 0 Å². The van der Waals surface area contributed by atoms with Crippen LogP contribution in [0.3, 0.4) is 0 Å². The fraction of sp³-hybridized carbons (Fsp3) is 0.750. The first-order chi connectivity index (χ1) is 7.93. The molecule has 1 aliphatic rings. The smallest absolute Gasteiger partial charge is 0.129 e. The number of nitrogens with zero attached hydrogens (tertiary/aromatic N) is 2. The van der Waals surface area contributed by atoms with Crippen molar-refractivity contribution in [3.63, 3.8) is 0 Å². The zero-order valence-corrected chi connectivity index (χ0v) is 10.5. The third-order valence-electron chi connectivity index (χ3n) is 1.94. The van der Waals surface area contributed by atoms with Gasteiger partial charge in [0.1, 0.15) is 12.8 Å². The highest BCUT2D eigenvalue weighted by atomic mass is 16.6. The molecule has 16 heavy (non-hydrogen) atoms. The first kappa shape index (κ1) is 14.9. The van der Waals surface area contributed by atoms with Crippen LogP contribution < -0.4 is 0 Å². The molecule has 0 aliphatic carbocycles. The highest BCUT2D eigenvalue weighted by Gasteiger charge is 2.08. The molecule has 4 heteroatoms. The van der Waals surface area contributed by atoms with Crippen LogP contribution in [0.2, 0.25) is 0 Å².